The van der Waals surface area contributed by atoms with Crippen LogP contribution in [0.1, 0.15) is 38.2 Å². The Morgan fingerprint density at radius 3 is 2.77 bits per heavy atom. The molecule has 2 N–H and O–H groups in total. The molecular formula is C29H30ClF5N6O3. The Morgan fingerprint density at radius 1 is 1.20 bits per heavy atom. The van der Waals surface area contributed by atoms with Crippen LogP contribution in [-0.4, -0.2) is 83.2 Å². The summed E-state index contributed by atoms with van der Waals surface area (Å²) < 4.78 is 92.1. The Balaban J connectivity index is 1.44. The second kappa shape index (κ2) is 10.1. The number of hydrogen-bond donors (Lipinski definition) is 1. The highest BCUT2D eigenvalue weighted by atomic mass is 35.5. The molecule has 3 saturated heterocycles. The SMILES string of the molecule is CN1c2nc(OC[C@@]34CCCN3C[C@H](F)C4)nc3c(F)c(-c4cc(N)cc(Cl)c4C(F)(F)F)nc(c23)OC2(C)COCC1C2. The molecule has 3 fully saturated rings. The Morgan fingerprint density at radius 2 is 2.00 bits per heavy atom. The number of benzene rings is 1. The summed E-state index contributed by atoms with van der Waals surface area (Å²) in [6.07, 6.45) is -3.58. The smallest absolute Gasteiger partial charge is 0.418 e. The van der Waals surface area contributed by atoms with Gasteiger partial charge >= 0.3 is 12.2 Å². The molecule has 2 aromatic heterocycles. The number of fused-ring (bicyclic) bond motifs is 3. The van der Waals surface area contributed by atoms with Crippen molar-refractivity contribution in [2.24, 2.45) is 0 Å². The van der Waals surface area contributed by atoms with Gasteiger partial charge in [0.15, 0.2) is 5.82 Å². The molecule has 4 atom stereocenters. The summed E-state index contributed by atoms with van der Waals surface area (Å²) in [5, 5.41) is -0.629. The van der Waals surface area contributed by atoms with Crippen LogP contribution in [0.15, 0.2) is 12.1 Å². The highest BCUT2D eigenvalue weighted by molar-refractivity contribution is 6.32. The Hall–Kier alpha value is -3.23. The van der Waals surface area contributed by atoms with Crippen molar-refractivity contribution in [2.45, 2.75) is 62.1 Å². The van der Waals surface area contributed by atoms with Gasteiger partial charge in [-0.05, 0) is 38.4 Å². The molecule has 0 saturated carbocycles. The van der Waals surface area contributed by atoms with E-state index in [1.807, 2.05) is 0 Å². The first-order valence-corrected chi connectivity index (χ1v) is 14.7. The lowest BCUT2D eigenvalue weighted by Crippen LogP contribution is -2.53. The first kappa shape index (κ1) is 29.5. The van der Waals surface area contributed by atoms with Gasteiger partial charge < -0.3 is 24.8 Å². The Labute approximate surface area is 254 Å². The number of anilines is 2. The molecule has 1 aromatic carbocycles. The summed E-state index contributed by atoms with van der Waals surface area (Å²) in [6.45, 7) is 3.43. The number of ether oxygens (including phenoxy) is 3. The molecule has 15 heteroatoms. The van der Waals surface area contributed by atoms with Gasteiger partial charge in [-0.1, -0.05) is 11.6 Å². The zero-order chi connectivity index (χ0) is 31.2. The molecule has 6 heterocycles. The molecule has 0 spiro atoms. The number of alkyl halides is 4. The van der Waals surface area contributed by atoms with E-state index < -0.39 is 51.1 Å². The van der Waals surface area contributed by atoms with Gasteiger partial charge in [-0.2, -0.15) is 23.1 Å². The van der Waals surface area contributed by atoms with Crippen molar-refractivity contribution in [3.63, 3.8) is 0 Å². The van der Waals surface area contributed by atoms with Crippen LogP contribution in [0.25, 0.3) is 22.2 Å². The molecule has 236 valence electrons. The molecule has 9 nitrogen and oxygen atoms in total. The third kappa shape index (κ3) is 4.76. The second-order valence-corrected chi connectivity index (χ2v) is 12.9. The highest BCUT2D eigenvalue weighted by Gasteiger charge is 2.50. The van der Waals surface area contributed by atoms with Crippen LogP contribution in [0.5, 0.6) is 11.9 Å². The summed E-state index contributed by atoms with van der Waals surface area (Å²) in [6, 6.07) is 1.48. The van der Waals surface area contributed by atoms with E-state index in [2.05, 4.69) is 19.9 Å². The third-order valence-electron chi connectivity index (χ3n) is 9.20. The van der Waals surface area contributed by atoms with E-state index in [-0.39, 0.29) is 53.6 Å². The number of halogens is 6. The summed E-state index contributed by atoms with van der Waals surface area (Å²) >= 11 is 6.01. The molecule has 2 unspecified atom stereocenters. The minimum atomic E-state index is -4.96. The second-order valence-electron chi connectivity index (χ2n) is 12.5. The minimum Gasteiger partial charge on any atom is -0.468 e. The predicted molar refractivity (Wildman–Crippen MR) is 152 cm³/mol. The number of pyridine rings is 1. The predicted octanol–water partition coefficient (Wildman–Crippen LogP) is 5.42. The fourth-order valence-corrected chi connectivity index (χ4v) is 7.51. The average Bonchev–Trinajstić information content (AvgIpc) is 3.46. The lowest BCUT2D eigenvalue weighted by Gasteiger charge is -2.43. The first-order valence-electron chi connectivity index (χ1n) is 14.4. The van der Waals surface area contributed by atoms with Gasteiger partial charge in [0.05, 0.1) is 35.4 Å². The van der Waals surface area contributed by atoms with Crippen molar-refractivity contribution >= 4 is 34.0 Å². The molecule has 3 aromatic rings. The molecule has 4 aliphatic rings. The summed E-state index contributed by atoms with van der Waals surface area (Å²) in [5.74, 6) is -1.11. The molecule has 0 radical (unpaired) electrons. The maximum atomic E-state index is 16.6. The summed E-state index contributed by atoms with van der Waals surface area (Å²) in [5.41, 5.74) is 1.28. The third-order valence-corrected chi connectivity index (χ3v) is 9.50. The van der Waals surface area contributed by atoms with Gasteiger partial charge in [0, 0.05) is 37.7 Å². The number of nitrogens with zero attached hydrogens (tertiary/aromatic N) is 5. The van der Waals surface area contributed by atoms with E-state index in [0.29, 0.717) is 26.0 Å². The minimum absolute atomic E-state index is 0.0681. The van der Waals surface area contributed by atoms with Crippen molar-refractivity contribution in [3.8, 4) is 23.1 Å². The fourth-order valence-electron chi connectivity index (χ4n) is 7.18. The summed E-state index contributed by atoms with van der Waals surface area (Å²) in [7, 11) is 1.76. The molecule has 7 rings (SSSR count). The van der Waals surface area contributed by atoms with Crippen LogP contribution >= 0.6 is 11.6 Å². The number of hydrogen-bond acceptors (Lipinski definition) is 9. The largest absolute Gasteiger partial charge is 0.468 e. The van der Waals surface area contributed by atoms with E-state index in [9.17, 15) is 17.6 Å². The van der Waals surface area contributed by atoms with Gasteiger partial charge in [-0.15, -0.1) is 0 Å². The topological polar surface area (TPSA) is 98.9 Å². The molecular weight excluding hydrogens is 611 g/mol. The van der Waals surface area contributed by atoms with Gasteiger partial charge in [-0.25, -0.2) is 13.8 Å². The van der Waals surface area contributed by atoms with Gasteiger partial charge in [0.25, 0.3) is 0 Å². The van der Waals surface area contributed by atoms with Gasteiger partial charge in [0.1, 0.15) is 40.8 Å². The van der Waals surface area contributed by atoms with Gasteiger partial charge in [-0.3, -0.25) is 4.90 Å². The van der Waals surface area contributed by atoms with Crippen LogP contribution in [0, 0.1) is 5.82 Å². The maximum absolute atomic E-state index is 16.6. The van der Waals surface area contributed by atoms with E-state index in [4.69, 9.17) is 31.5 Å². The van der Waals surface area contributed by atoms with Crippen molar-refractivity contribution < 1.29 is 36.2 Å². The monoisotopic (exact) mass is 640 g/mol. The zero-order valence-corrected chi connectivity index (χ0v) is 24.7. The maximum Gasteiger partial charge on any atom is 0.418 e. The Kier molecular flexibility index (Phi) is 6.80. The molecule has 2 bridgehead atoms. The van der Waals surface area contributed by atoms with Crippen molar-refractivity contribution in [1.29, 1.82) is 0 Å². The number of likely N-dealkylation sites (N-methyl/N-ethyl adjacent to an activating group) is 1. The lowest BCUT2D eigenvalue weighted by atomic mass is 9.93. The fraction of sp³-hybridized carbons (Fsp3) is 0.552. The normalized spacial score (nSPS) is 28.5. The number of nitrogens with two attached hydrogens (primary N) is 1. The Bertz CT molecular complexity index is 1660. The lowest BCUT2D eigenvalue weighted by molar-refractivity contribution is -0.137. The average molecular weight is 641 g/mol. The molecule has 0 amide bonds. The van der Waals surface area contributed by atoms with E-state index in [0.717, 1.165) is 31.5 Å². The number of rotatable bonds is 4. The van der Waals surface area contributed by atoms with Crippen LogP contribution in [0.2, 0.25) is 5.02 Å². The standard InChI is InChI=1S/C29H30ClF5N6O3/c1-27-9-16(11-42-12-27)40(2)24-19-23(38-26(39-24)43-13-28-4-3-5-41(28)10-14(31)8-28)21(32)22(37-25(19)44-27)17-6-15(36)7-18(30)20(17)29(33,34)35/h6-7,14,16H,3-5,8-13,36H2,1-2H3/t14-,16?,27?,28+/m1/s1. The van der Waals surface area contributed by atoms with Crippen LogP contribution < -0.4 is 20.1 Å². The number of nitrogen functional groups attached to an aromatic ring is 1. The van der Waals surface area contributed by atoms with Crippen LogP contribution in [0.3, 0.4) is 0 Å². The van der Waals surface area contributed by atoms with E-state index in [1.165, 1.54) is 0 Å². The van der Waals surface area contributed by atoms with Crippen LogP contribution in [0.4, 0.5) is 33.5 Å². The van der Waals surface area contributed by atoms with Crippen molar-refractivity contribution in [3.05, 3.63) is 28.5 Å². The molecule has 4 aliphatic heterocycles. The molecule has 0 aliphatic carbocycles. The van der Waals surface area contributed by atoms with Gasteiger partial charge in [0.2, 0.25) is 5.88 Å². The first-order chi connectivity index (χ1) is 20.8. The highest BCUT2D eigenvalue weighted by Crippen LogP contribution is 2.47. The van der Waals surface area contributed by atoms with E-state index >= 15 is 4.39 Å². The molecule has 44 heavy (non-hydrogen) atoms. The zero-order valence-electron chi connectivity index (χ0n) is 24.0. The quantitative estimate of drug-likeness (QED) is 0.296. The summed E-state index contributed by atoms with van der Waals surface area (Å²) in [4.78, 5) is 17.2. The van der Waals surface area contributed by atoms with Crippen LogP contribution in [-0.2, 0) is 10.9 Å². The number of aromatic nitrogens is 3. The van der Waals surface area contributed by atoms with Crippen molar-refractivity contribution in [2.75, 3.05) is 50.6 Å². The van der Waals surface area contributed by atoms with E-state index in [1.54, 1.807) is 18.9 Å². The van der Waals surface area contributed by atoms with Crippen molar-refractivity contribution in [1.82, 2.24) is 19.9 Å².